The van der Waals surface area contributed by atoms with Gasteiger partial charge in [0.1, 0.15) is 0 Å². The highest BCUT2D eigenvalue weighted by molar-refractivity contribution is 5.11. The Bertz CT molecular complexity index is 272. The first kappa shape index (κ1) is 12.4. The van der Waals surface area contributed by atoms with Crippen LogP contribution in [0.5, 0.6) is 0 Å². The van der Waals surface area contributed by atoms with Crippen LogP contribution >= 0.6 is 0 Å². The molecule has 5 unspecified atom stereocenters. The van der Waals surface area contributed by atoms with E-state index in [2.05, 4.69) is 20.8 Å². The van der Waals surface area contributed by atoms with Gasteiger partial charge in [-0.3, -0.25) is 0 Å². The third-order valence-corrected chi connectivity index (χ3v) is 5.77. The summed E-state index contributed by atoms with van der Waals surface area (Å²) in [4.78, 5) is 0. The molecule has 2 nitrogen and oxygen atoms in total. The van der Waals surface area contributed by atoms with Gasteiger partial charge in [0.2, 0.25) is 0 Å². The minimum Gasteiger partial charge on any atom is -0.391 e. The molecular weight excluding hydrogens is 200 g/mol. The fourth-order valence-corrected chi connectivity index (χ4v) is 3.71. The van der Waals surface area contributed by atoms with Gasteiger partial charge in [-0.05, 0) is 49.9 Å². The first-order chi connectivity index (χ1) is 7.29. The predicted molar refractivity (Wildman–Crippen MR) is 65.2 cm³/mol. The van der Waals surface area contributed by atoms with Gasteiger partial charge >= 0.3 is 0 Å². The quantitative estimate of drug-likeness (QED) is 0.801. The van der Waals surface area contributed by atoms with Crippen LogP contribution in [0.4, 0.5) is 0 Å². The van der Waals surface area contributed by atoms with Gasteiger partial charge in [-0.15, -0.1) is 0 Å². The molecule has 0 saturated heterocycles. The molecule has 0 aromatic heterocycles. The molecule has 0 aliphatic heterocycles. The lowest BCUT2D eigenvalue weighted by molar-refractivity contribution is -0.113. The summed E-state index contributed by atoms with van der Waals surface area (Å²) < 4.78 is 6.10. The molecule has 2 bridgehead atoms. The molecule has 0 heterocycles. The summed E-state index contributed by atoms with van der Waals surface area (Å²) in [5.41, 5.74) is 0.705. The van der Waals surface area contributed by atoms with Crippen molar-refractivity contribution >= 4 is 0 Å². The largest absolute Gasteiger partial charge is 0.391 e. The van der Waals surface area contributed by atoms with Gasteiger partial charge in [0.15, 0.2) is 0 Å². The van der Waals surface area contributed by atoms with E-state index >= 15 is 0 Å². The molecule has 2 fully saturated rings. The molecular formula is C14H26O2. The molecule has 2 saturated carbocycles. The van der Waals surface area contributed by atoms with Crippen molar-refractivity contribution in [2.45, 2.75) is 72.2 Å². The molecule has 0 radical (unpaired) electrons. The zero-order valence-electron chi connectivity index (χ0n) is 11.3. The zero-order chi connectivity index (χ0) is 12.1. The SMILES string of the molecule is CC(O)C(C)OC1CC2CCC1(C)C2(C)C. The van der Waals surface area contributed by atoms with E-state index in [0.717, 1.165) is 5.92 Å². The molecule has 0 aromatic carbocycles. The fraction of sp³-hybridized carbons (Fsp3) is 1.00. The number of aliphatic hydroxyl groups is 1. The molecule has 2 rings (SSSR count). The highest BCUT2D eigenvalue weighted by atomic mass is 16.5. The van der Waals surface area contributed by atoms with Crippen molar-refractivity contribution in [3.63, 3.8) is 0 Å². The summed E-state index contributed by atoms with van der Waals surface area (Å²) in [6.07, 6.45) is 3.74. The van der Waals surface area contributed by atoms with Gasteiger partial charge < -0.3 is 9.84 Å². The molecule has 2 heteroatoms. The van der Waals surface area contributed by atoms with Crippen LogP contribution < -0.4 is 0 Å². The van der Waals surface area contributed by atoms with Gasteiger partial charge in [-0.2, -0.15) is 0 Å². The molecule has 94 valence electrons. The number of aliphatic hydroxyl groups excluding tert-OH is 1. The van der Waals surface area contributed by atoms with Crippen molar-refractivity contribution < 1.29 is 9.84 Å². The Morgan fingerprint density at radius 1 is 1.25 bits per heavy atom. The molecule has 5 atom stereocenters. The van der Waals surface area contributed by atoms with Crippen LogP contribution in [0.1, 0.15) is 53.9 Å². The number of hydrogen-bond acceptors (Lipinski definition) is 2. The summed E-state index contributed by atoms with van der Waals surface area (Å²) >= 11 is 0. The van der Waals surface area contributed by atoms with Crippen LogP contribution in [-0.4, -0.2) is 23.4 Å². The predicted octanol–water partition coefficient (Wildman–Crippen LogP) is 2.99. The maximum Gasteiger partial charge on any atom is 0.0807 e. The molecule has 0 amide bonds. The van der Waals surface area contributed by atoms with Crippen molar-refractivity contribution in [1.29, 1.82) is 0 Å². The van der Waals surface area contributed by atoms with E-state index in [4.69, 9.17) is 4.74 Å². The van der Waals surface area contributed by atoms with Crippen LogP contribution in [0.15, 0.2) is 0 Å². The standard InChI is InChI=1S/C14H26O2/c1-9(15)10(2)16-12-8-11-6-7-14(12,5)13(11,3)4/h9-12,15H,6-8H2,1-5H3. The van der Waals surface area contributed by atoms with Crippen molar-refractivity contribution in [2.24, 2.45) is 16.7 Å². The second kappa shape index (κ2) is 3.71. The average Bonchev–Trinajstić information content (AvgIpc) is 2.50. The minimum absolute atomic E-state index is 0.0445. The van der Waals surface area contributed by atoms with E-state index in [9.17, 15) is 5.11 Å². The van der Waals surface area contributed by atoms with Gasteiger partial charge in [-0.1, -0.05) is 20.8 Å². The first-order valence-electron chi connectivity index (χ1n) is 6.62. The lowest BCUT2D eigenvalue weighted by Crippen LogP contribution is -2.40. The molecule has 0 spiro atoms. The summed E-state index contributed by atoms with van der Waals surface area (Å²) in [6, 6.07) is 0. The fourth-order valence-electron chi connectivity index (χ4n) is 3.71. The number of ether oxygens (including phenoxy) is 1. The van der Waals surface area contributed by atoms with E-state index in [1.807, 2.05) is 13.8 Å². The highest BCUT2D eigenvalue weighted by Gasteiger charge is 2.62. The maximum absolute atomic E-state index is 9.54. The van der Waals surface area contributed by atoms with Gasteiger partial charge in [0.05, 0.1) is 18.3 Å². The number of fused-ring (bicyclic) bond motifs is 2. The van der Waals surface area contributed by atoms with E-state index in [-0.39, 0.29) is 12.2 Å². The first-order valence-corrected chi connectivity index (χ1v) is 6.62. The van der Waals surface area contributed by atoms with E-state index in [1.54, 1.807) is 0 Å². The van der Waals surface area contributed by atoms with Crippen LogP contribution in [0.2, 0.25) is 0 Å². The topological polar surface area (TPSA) is 29.5 Å². The van der Waals surface area contributed by atoms with E-state index in [0.29, 0.717) is 16.9 Å². The van der Waals surface area contributed by atoms with Crippen molar-refractivity contribution in [2.75, 3.05) is 0 Å². The van der Waals surface area contributed by atoms with E-state index < -0.39 is 0 Å². The smallest absolute Gasteiger partial charge is 0.0807 e. The van der Waals surface area contributed by atoms with Crippen molar-refractivity contribution in [1.82, 2.24) is 0 Å². The lowest BCUT2D eigenvalue weighted by atomic mass is 9.70. The Kier molecular flexibility index (Phi) is 2.87. The maximum atomic E-state index is 9.54. The lowest BCUT2D eigenvalue weighted by Gasteiger charge is -2.40. The summed E-state index contributed by atoms with van der Waals surface area (Å²) in [7, 11) is 0. The van der Waals surface area contributed by atoms with Crippen LogP contribution in [0.3, 0.4) is 0 Å². The van der Waals surface area contributed by atoms with E-state index in [1.165, 1.54) is 19.3 Å². The Morgan fingerprint density at radius 2 is 1.88 bits per heavy atom. The minimum atomic E-state index is -0.370. The zero-order valence-corrected chi connectivity index (χ0v) is 11.3. The number of hydrogen-bond donors (Lipinski definition) is 1. The Labute approximate surface area is 99.4 Å². The molecule has 16 heavy (non-hydrogen) atoms. The highest BCUT2D eigenvalue weighted by Crippen LogP contribution is 2.66. The van der Waals surface area contributed by atoms with Gasteiger partial charge in [0, 0.05) is 0 Å². The Balaban J connectivity index is 2.10. The van der Waals surface area contributed by atoms with Crippen LogP contribution in [0, 0.1) is 16.7 Å². The van der Waals surface area contributed by atoms with Crippen molar-refractivity contribution in [3.8, 4) is 0 Å². The van der Waals surface area contributed by atoms with Crippen LogP contribution in [-0.2, 0) is 4.74 Å². The van der Waals surface area contributed by atoms with Gasteiger partial charge in [-0.25, -0.2) is 0 Å². The normalized spacial score (nSPS) is 44.6. The van der Waals surface area contributed by atoms with Gasteiger partial charge in [0.25, 0.3) is 0 Å². The molecule has 2 aliphatic rings. The third kappa shape index (κ3) is 1.53. The monoisotopic (exact) mass is 226 g/mol. The second-order valence-corrected chi connectivity index (χ2v) is 6.68. The second-order valence-electron chi connectivity index (χ2n) is 6.68. The molecule has 2 aliphatic carbocycles. The summed E-state index contributed by atoms with van der Waals surface area (Å²) in [5.74, 6) is 0.809. The third-order valence-electron chi connectivity index (χ3n) is 5.77. The Morgan fingerprint density at radius 3 is 2.25 bits per heavy atom. The average molecular weight is 226 g/mol. The molecule has 0 aromatic rings. The Hall–Kier alpha value is -0.0800. The van der Waals surface area contributed by atoms with Crippen molar-refractivity contribution in [3.05, 3.63) is 0 Å². The molecule has 1 N–H and O–H groups in total. The summed E-state index contributed by atoms with van der Waals surface area (Å²) in [5, 5.41) is 9.54. The number of rotatable bonds is 3. The summed E-state index contributed by atoms with van der Waals surface area (Å²) in [6.45, 7) is 10.9. The van der Waals surface area contributed by atoms with Crippen LogP contribution in [0.25, 0.3) is 0 Å².